The fraction of sp³-hybridized carbons (Fsp3) is 0.522. The zero-order chi connectivity index (χ0) is 23.0. The van der Waals surface area contributed by atoms with Crippen LogP contribution in [0.4, 0.5) is 0 Å². The monoisotopic (exact) mass is 481 g/mol. The average molecular weight is 482 g/mol. The van der Waals surface area contributed by atoms with Gasteiger partial charge in [-0.1, -0.05) is 50.1 Å². The van der Waals surface area contributed by atoms with Crippen molar-refractivity contribution in [3.8, 4) is 0 Å². The molecule has 2 aromatic rings. The Labute approximate surface area is 192 Å². The van der Waals surface area contributed by atoms with Gasteiger partial charge in [0.05, 0.1) is 28.3 Å². The summed E-state index contributed by atoms with van der Waals surface area (Å²) in [6, 6.07) is 8.60. The van der Waals surface area contributed by atoms with Crippen LogP contribution in [0.15, 0.2) is 41.4 Å². The molecule has 0 fully saturated rings. The van der Waals surface area contributed by atoms with Crippen molar-refractivity contribution in [3.05, 3.63) is 58.4 Å². The second kappa shape index (κ2) is 8.94. The van der Waals surface area contributed by atoms with E-state index in [9.17, 15) is 8.42 Å². The maximum absolute atomic E-state index is 12.6. The minimum Gasteiger partial charge on any atom is -0.408 e. The minimum absolute atomic E-state index is 0.0113. The van der Waals surface area contributed by atoms with E-state index in [0.717, 1.165) is 16.8 Å². The lowest BCUT2D eigenvalue weighted by Gasteiger charge is -2.41. The standard InChI is InChI=1S/C23H32ClNO4SSi/c1-16-7-9-20(10-8-16)30(26,27)28-15-17-11-18-13-19(24)14-25-22(18)21(12-17)29-31(5,6)23(2,3)4/h7-10,13-14,17,21H,11-12,15H2,1-6H3/t17-,21+/m1/s1. The Balaban J connectivity index is 1.80. The summed E-state index contributed by atoms with van der Waals surface area (Å²) < 4.78 is 37.5. The Morgan fingerprint density at radius 2 is 1.84 bits per heavy atom. The predicted octanol–water partition coefficient (Wildman–Crippen LogP) is 6.07. The predicted molar refractivity (Wildman–Crippen MR) is 126 cm³/mol. The topological polar surface area (TPSA) is 65.5 Å². The maximum atomic E-state index is 12.6. The lowest BCUT2D eigenvalue weighted by Crippen LogP contribution is -2.43. The van der Waals surface area contributed by atoms with Crippen LogP contribution in [-0.4, -0.2) is 28.3 Å². The Morgan fingerprint density at radius 1 is 1.19 bits per heavy atom. The highest BCUT2D eigenvalue weighted by atomic mass is 35.5. The molecule has 0 spiro atoms. The first-order valence-electron chi connectivity index (χ1n) is 10.6. The fourth-order valence-corrected chi connectivity index (χ4v) is 5.91. The molecule has 0 saturated heterocycles. The quantitative estimate of drug-likeness (QED) is 0.369. The van der Waals surface area contributed by atoms with Gasteiger partial charge in [-0.3, -0.25) is 9.17 Å². The lowest BCUT2D eigenvalue weighted by atomic mass is 9.85. The smallest absolute Gasteiger partial charge is 0.296 e. The van der Waals surface area contributed by atoms with Crippen molar-refractivity contribution < 1.29 is 17.0 Å². The Hall–Kier alpha value is -1.25. The molecule has 1 aliphatic carbocycles. The molecule has 1 heterocycles. The van der Waals surface area contributed by atoms with Gasteiger partial charge < -0.3 is 4.43 Å². The van der Waals surface area contributed by atoms with Crippen LogP contribution in [0.5, 0.6) is 0 Å². The zero-order valence-corrected chi connectivity index (χ0v) is 21.7. The molecule has 8 heteroatoms. The molecule has 0 N–H and O–H groups in total. The molecular weight excluding hydrogens is 450 g/mol. The van der Waals surface area contributed by atoms with Gasteiger partial charge >= 0.3 is 0 Å². The van der Waals surface area contributed by atoms with Crippen LogP contribution < -0.4 is 0 Å². The third-order valence-corrected chi connectivity index (χ3v) is 12.3. The molecule has 0 bridgehead atoms. The van der Waals surface area contributed by atoms with Gasteiger partial charge in [-0.2, -0.15) is 8.42 Å². The molecular formula is C23H32ClNO4SSi. The molecule has 0 amide bonds. The first-order chi connectivity index (χ1) is 14.3. The van der Waals surface area contributed by atoms with Crippen LogP contribution in [0.3, 0.4) is 0 Å². The molecule has 170 valence electrons. The molecule has 0 radical (unpaired) electrons. The summed E-state index contributed by atoms with van der Waals surface area (Å²) in [4.78, 5) is 4.75. The Bertz CT molecular complexity index is 1030. The summed E-state index contributed by atoms with van der Waals surface area (Å²) >= 11 is 6.20. The van der Waals surface area contributed by atoms with Gasteiger partial charge in [0.2, 0.25) is 0 Å². The number of nitrogens with zero attached hydrogens (tertiary/aromatic N) is 1. The van der Waals surface area contributed by atoms with Gasteiger partial charge in [-0.25, -0.2) is 0 Å². The molecule has 0 unspecified atom stereocenters. The molecule has 2 atom stereocenters. The summed E-state index contributed by atoms with van der Waals surface area (Å²) in [6.07, 6.45) is 2.78. The van der Waals surface area contributed by atoms with Gasteiger partial charge in [0.15, 0.2) is 8.32 Å². The van der Waals surface area contributed by atoms with E-state index in [4.69, 9.17) is 20.2 Å². The van der Waals surface area contributed by atoms with Gasteiger partial charge in [-0.05, 0) is 67.6 Å². The van der Waals surface area contributed by atoms with Gasteiger partial charge in [0.25, 0.3) is 10.1 Å². The molecule has 1 aromatic carbocycles. The van der Waals surface area contributed by atoms with E-state index < -0.39 is 18.4 Å². The number of rotatable bonds is 6. The van der Waals surface area contributed by atoms with Gasteiger partial charge in [0, 0.05) is 6.20 Å². The highest BCUT2D eigenvalue weighted by Gasteiger charge is 2.42. The number of hydrogen-bond donors (Lipinski definition) is 0. The third kappa shape index (κ3) is 5.76. The largest absolute Gasteiger partial charge is 0.408 e. The third-order valence-electron chi connectivity index (χ3n) is 6.34. The number of aryl methyl sites for hydroxylation is 1. The van der Waals surface area contributed by atoms with E-state index in [1.807, 2.05) is 13.0 Å². The van der Waals surface area contributed by atoms with E-state index in [0.29, 0.717) is 17.9 Å². The number of benzene rings is 1. The highest BCUT2D eigenvalue weighted by Crippen LogP contribution is 2.44. The second-order valence-electron chi connectivity index (χ2n) is 9.92. The number of hydrogen-bond acceptors (Lipinski definition) is 5. The fourth-order valence-electron chi connectivity index (χ4n) is 3.48. The van der Waals surface area contributed by atoms with Crippen LogP contribution in [-0.2, 0) is 25.1 Å². The van der Waals surface area contributed by atoms with E-state index in [1.165, 1.54) is 0 Å². The maximum Gasteiger partial charge on any atom is 0.296 e. The van der Waals surface area contributed by atoms with Crippen molar-refractivity contribution in [1.29, 1.82) is 0 Å². The minimum atomic E-state index is -3.81. The summed E-state index contributed by atoms with van der Waals surface area (Å²) in [5.41, 5.74) is 2.91. The molecule has 3 rings (SSSR count). The highest BCUT2D eigenvalue weighted by molar-refractivity contribution is 7.86. The zero-order valence-electron chi connectivity index (χ0n) is 19.1. The van der Waals surface area contributed by atoms with Crippen LogP contribution in [0.25, 0.3) is 0 Å². The van der Waals surface area contributed by atoms with Crippen LogP contribution >= 0.6 is 11.6 Å². The Kier molecular flexibility index (Phi) is 7.04. The molecule has 0 aliphatic heterocycles. The number of aromatic nitrogens is 1. The van der Waals surface area contributed by atoms with Crippen molar-refractivity contribution in [2.45, 2.75) is 69.7 Å². The first-order valence-corrected chi connectivity index (χ1v) is 15.3. The molecule has 31 heavy (non-hydrogen) atoms. The average Bonchev–Trinajstić information content (AvgIpc) is 2.65. The van der Waals surface area contributed by atoms with Crippen LogP contribution in [0.2, 0.25) is 23.2 Å². The first kappa shape index (κ1) is 24.4. The molecule has 1 aromatic heterocycles. The van der Waals surface area contributed by atoms with Gasteiger partial charge in [0.1, 0.15) is 0 Å². The number of fused-ring (bicyclic) bond motifs is 1. The molecule has 0 saturated carbocycles. The SMILES string of the molecule is Cc1ccc(S(=O)(=O)OC[C@@H]2Cc3cc(Cl)cnc3[C@@H](O[Si](C)(C)C(C)(C)C)C2)cc1. The second-order valence-corrected chi connectivity index (χ2v) is 16.7. The van der Waals surface area contributed by atoms with Crippen molar-refractivity contribution in [3.63, 3.8) is 0 Å². The molecule has 1 aliphatic rings. The lowest BCUT2D eigenvalue weighted by molar-refractivity contribution is 0.114. The van der Waals surface area contributed by atoms with Crippen molar-refractivity contribution in [2.75, 3.05) is 6.61 Å². The molecule has 5 nitrogen and oxygen atoms in total. The van der Waals surface area contributed by atoms with E-state index in [2.05, 4.69) is 38.8 Å². The summed E-state index contributed by atoms with van der Waals surface area (Å²) in [6.45, 7) is 13.0. The summed E-state index contributed by atoms with van der Waals surface area (Å²) in [7, 11) is -5.87. The Morgan fingerprint density at radius 3 is 2.45 bits per heavy atom. The normalized spacial score (nSPS) is 19.8. The summed E-state index contributed by atoms with van der Waals surface area (Å²) in [5, 5.41) is 0.622. The van der Waals surface area contributed by atoms with Crippen molar-refractivity contribution in [2.24, 2.45) is 5.92 Å². The van der Waals surface area contributed by atoms with E-state index in [1.54, 1.807) is 30.5 Å². The van der Waals surface area contributed by atoms with Crippen LogP contribution in [0, 0.1) is 12.8 Å². The summed E-state index contributed by atoms with van der Waals surface area (Å²) in [5.74, 6) is -0.0113. The van der Waals surface area contributed by atoms with Gasteiger partial charge in [-0.15, -0.1) is 0 Å². The van der Waals surface area contributed by atoms with Crippen molar-refractivity contribution >= 4 is 30.0 Å². The number of pyridine rings is 1. The van der Waals surface area contributed by atoms with E-state index >= 15 is 0 Å². The van der Waals surface area contributed by atoms with Crippen molar-refractivity contribution in [1.82, 2.24) is 4.98 Å². The van der Waals surface area contributed by atoms with E-state index in [-0.39, 0.29) is 28.6 Å². The number of halogens is 1. The van der Waals surface area contributed by atoms with Crippen LogP contribution in [0.1, 0.15) is 50.1 Å².